The average molecular weight is 402 g/mol. The van der Waals surface area contributed by atoms with Crippen molar-refractivity contribution in [2.75, 3.05) is 11.5 Å². The Hall–Kier alpha value is -3.00. The van der Waals surface area contributed by atoms with Crippen LogP contribution in [-0.4, -0.2) is 38.5 Å². The molecule has 8 nitrogen and oxygen atoms in total. The van der Waals surface area contributed by atoms with Gasteiger partial charge in [-0.1, -0.05) is 29.8 Å². The molecule has 0 fully saturated rings. The molecule has 3 aromatic rings. The van der Waals surface area contributed by atoms with Gasteiger partial charge in [0.1, 0.15) is 5.52 Å². The molecule has 0 N–H and O–H groups in total. The van der Waals surface area contributed by atoms with E-state index < -0.39 is 0 Å². The van der Waals surface area contributed by atoms with Gasteiger partial charge in [0.2, 0.25) is 12.4 Å². The Kier molecular flexibility index (Phi) is 6.54. The maximum atomic E-state index is 11.6. The van der Waals surface area contributed by atoms with E-state index in [9.17, 15) is 9.59 Å². The normalized spacial score (nSPS) is 10.8. The molecule has 0 saturated carbocycles. The van der Waals surface area contributed by atoms with Crippen LogP contribution in [0, 0.1) is 0 Å². The summed E-state index contributed by atoms with van der Waals surface area (Å²) in [5.41, 5.74) is 1.70. The topological polar surface area (TPSA) is 90.2 Å². The zero-order valence-electron chi connectivity index (χ0n) is 15.4. The molecule has 28 heavy (non-hydrogen) atoms. The lowest BCUT2D eigenvalue weighted by molar-refractivity contribution is -0.141. The number of unbranched alkanes of at least 4 members (excludes halogenated alkanes) is 2. The molecule has 1 aromatic carbocycles. The van der Waals surface area contributed by atoms with Crippen LogP contribution in [0.1, 0.15) is 26.2 Å². The standard InChI is InChI=1S/C19H20ClN5O3/c1-14(27)28-11-7-3-6-10-24-12-21-16-17(20)22-19(23-18(16)24)25(13-26)15-8-4-2-5-9-15/h2,4-5,8-9,12-13H,3,6-7,10-11H2,1H3. The minimum absolute atomic E-state index is 0.190. The first-order valence-corrected chi connectivity index (χ1v) is 9.29. The van der Waals surface area contributed by atoms with Gasteiger partial charge in [0, 0.05) is 13.5 Å². The van der Waals surface area contributed by atoms with Gasteiger partial charge in [-0.3, -0.25) is 14.5 Å². The predicted octanol–water partition coefficient (Wildman–Crippen LogP) is 3.51. The van der Waals surface area contributed by atoms with Crippen molar-refractivity contribution in [2.45, 2.75) is 32.7 Å². The van der Waals surface area contributed by atoms with Crippen molar-refractivity contribution in [1.82, 2.24) is 19.5 Å². The number of amides is 1. The summed E-state index contributed by atoms with van der Waals surface area (Å²) in [6.45, 7) is 2.50. The van der Waals surface area contributed by atoms with E-state index >= 15 is 0 Å². The molecular formula is C19H20ClN5O3. The molecule has 0 radical (unpaired) electrons. The van der Waals surface area contributed by atoms with Crippen molar-refractivity contribution in [1.29, 1.82) is 0 Å². The third-order valence-electron chi connectivity index (χ3n) is 4.11. The second-order valence-electron chi connectivity index (χ2n) is 6.14. The molecule has 0 bridgehead atoms. The number of imidazole rings is 1. The molecule has 0 atom stereocenters. The SMILES string of the molecule is CC(=O)OCCCCCn1cnc2c(Cl)nc(N(C=O)c3ccccc3)nc21. The van der Waals surface area contributed by atoms with Crippen molar-refractivity contribution in [3.63, 3.8) is 0 Å². The van der Waals surface area contributed by atoms with Gasteiger partial charge in [-0.05, 0) is 31.4 Å². The van der Waals surface area contributed by atoms with Crippen molar-refractivity contribution >= 4 is 46.8 Å². The monoisotopic (exact) mass is 401 g/mol. The van der Waals surface area contributed by atoms with E-state index in [1.807, 2.05) is 22.8 Å². The van der Waals surface area contributed by atoms with E-state index in [4.69, 9.17) is 16.3 Å². The molecule has 2 heterocycles. The van der Waals surface area contributed by atoms with Crippen molar-refractivity contribution in [3.8, 4) is 0 Å². The van der Waals surface area contributed by atoms with E-state index in [0.717, 1.165) is 19.3 Å². The summed E-state index contributed by atoms with van der Waals surface area (Å²) in [7, 11) is 0. The quantitative estimate of drug-likeness (QED) is 0.236. The van der Waals surface area contributed by atoms with Gasteiger partial charge in [-0.2, -0.15) is 9.97 Å². The highest BCUT2D eigenvalue weighted by Crippen LogP contribution is 2.26. The Labute approximate surface area is 167 Å². The molecule has 0 aliphatic carbocycles. The van der Waals surface area contributed by atoms with Crippen LogP contribution in [0.3, 0.4) is 0 Å². The number of esters is 1. The number of hydrogen-bond acceptors (Lipinski definition) is 6. The fourth-order valence-corrected chi connectivity index (χ4v) is 2.97. The third kappa shape index (κ3) is 4.64. The van der Waals surface area contributed by atoms with Gasteiger partial charge in [-0.25, -0.2) is 4.98 Å². The van der Waals surface area contributed by atoms with Crippen molar-refractivity contribution < 1.29 is 14.3 Å². The number of rotatable bonds is 9. The number of halogens is 1. The second kappa shape index (κ2) is 9.27. The van der Waals surface area contributed by atoms with Gasteiger partial charge >= 0.3 is 5.97 Å². The van der Waals surface area contributed by atoms with Crippen molar-refractivity contribution in [3.05, 3.63) is 41.8 Å². The first-order valence-electron chi connectivity index (χ1n) is 8.91. The van der Waals surface area contributed by atoms with E-state index in [-0.39, 0.29) is 17.1 Å². The number of carbonyl (C=O) groups excluding carboxylic acids is 2. The summed E-state index contributed by atoms with van der Waals surface area (Å²) in [6, 6.07) is 9.09. The lowest BCUT2D eigenvalue weighted by atomic mass is 10.2. The molecule has 3 rings (SSSR count). The first-order chi connectivity index (χ1) is 13.6. The van der Waals surface area contributed by atoms with Crippen LogP contribution in [0.2, 0.25) is 5.15 Å². The fraction of sp³-hybridized carbons (Fsp3) is 0.316. The molecule has 0 saturated heterocycles. The molecule has 1 amide bonds. The number of hydrogen-bond donors (Lipinski definition) is 0. The van der Waals surface area contributed by atoms with Crippen LogP contribution >= 0.6 is 11.6 Å². The second-order valence-corrected chi connectivity index (χ2v) is 6.49. The van der Waals surface area contributed by atoms with Crippen LogP contribution in [0.5, 0.6) is 0 Å². The molecule has 9 heteroatoms. The van der Waals surface area contributed by atoms with Crippen LogP contribution in [0.15, 0.2) is 36.7 Å². The fourth-order valence-electron chi connectivity index (χ4n) is 2.76. The van der Waals surface area contributed by atoms with Gasteiger partial charge in [0.25, 0.3) is 0 Å². The molecule has 2 aromatic heterocycles. The largest absolute Gasteiger partial charge is 0.466 e. The Morgan fingerprint density at radius 2 is 2.00 bits per heavy atom. The van der Waals surface area contributed by atoms with Crippen LogP contribution in [0.25, 0.3) is 11.2 Å². The van der Waals surface area contributed by atoms with Crippen molar-refractivity contribution in [2.24, 2.45) is 0 Å². The molecule has 146 valence electrons. The van der Waals surface area contributed by atoms with E-state index in [1.165, 1.54) is 11.8 Å². The summed E-state index contributed by atoms with van der Waals surface area (Å²) in [6.07, 6.45) is 4.86. The number of ether oxygens (including phenoxy) is 1. The summed E-state index contributed by atoms with van der Waals surface area (Å²) in [5, 5.41) is 0.191. The zero-order chi connectivity index (χ0) is 19.9. The summed E-state index contributed by atoms with van der Waals surface area (Å²) in [5.74, 6) is -0.0760. The minimum Gasteiger partial charge on any atom is -0.466 e. The number of anilines is 2. The zero-order valence-corrected chi connectivity index (χ0v) is 16.2. The maximum Gasteiger partial charge on any atom is 0.302 e. The minimum atomic E-state index is -0.266. The number of carbonyl (C=O) groups is 2. The van der Waals surface area contributed by atoms with Gasteiger partial charge in [0.05, 0.1) is 18.6 Å². The van der Waals surface area contributed by atoms with Crippen LogP contribution < -0.4 is 4.90 Å². The highest BCUT2D eigenvalue weighted by atomic mass is 35.5. The average Bonchev–Trinajstić information content (AvgIpc) is 3.09. The van der Waals surface area contributed by atoms with Crippen LogP contribution in [0.4, 0.5) is 11.6 Å². The summed E-state index contributed by atoms with van der Waals surface area (Å²) >= 11 is 6.28. The predicted molar refractivity (Wildman–Crippen MR) is 105 cm³/mol. The number of aryl methyl sites for hydroxylation is 1. The molecule has 0 aliphatic rings. The lowest BCUT2D eigenvalue weighted by Crippen LogP contribution is -2.17. The lowest BCUT2D eigenvalue weighted by Gasteiger charge is -2.15. The summed E-state index contributed by atoms with van der Waals surface area (Å²) < 4.78 is 6.81. The van der Waals surface area contributed by atoms with Gasteiger partial charge < -0.3 is 9.30 Å². The number of benzene rings is 1. The van der Waals surface area contributed by atoms with Crippen LogP contribution in [-0.2, 0) is 20.9 Å². The third-order valence-corrected chi connectivity index (χ3v) is 4.38. The van der Waals surface area contributed by atoms with Gasteiger partial charge in [0.15, 0.2) is 10.8 Å². The number of aromatic nitrogens is 4. The molecule has 0 unspecified atom stereocenters. The molecule has 0 aliphatic heterocycles. The highest BCUT2D eigenvalue weighted by Gasteiger charge is 2.17. The number of para-hydroxylation sites is 1. The Morgan fingerprint density at radius 3 is 2.71 bits per heavy atom. The molecule has 0 spiro atoms. The number of nitrogens with zero attached hydrogens (tertiary/aromatic N) is 5. The number of fused-ring (bicyclic) bond motifs is 1. The van der Waals surface area contributed by atoms with Gasteiger partial charge in [-0.15, -0.1) is 0 Å². The van der Waals surface area contributed by atoms with E-state index in [0.29, 0.717) is 36.4 Å². The highest BCUT2D eigenvalue weighted by molar-refractivity contribution is 6.33. The maximum absolute atomic E-state index is 11.6. The Balaban J connectivity index is 1.77. The Morgan fingerprint density at radius 1 is 1.21 bits per heavy atom. The Bertz CT molecular complexity index is 961. The van der Waals surface area contributed by atoms with E-state index in [2.05, 4.69) is 15.0 Å². The first kappa shape index (κ1) is 19.8. The molecular weight excluding hydrogens is 382 g/mol. The summed E-state index contributed by atoms with van der Waals surface area (Å²) in [4.78, 5) is 36.8. The smallest absolute Gasteiger partial charge is 0.302 e. The van der Waals surface area contributed by atoms with E-state index in [1.54, 1.807) is 18.5 Å².